The van der Waals surface area contributed by atoms with E-state index in [0.29, 0.717) is 5.82 Å². The Morgan fingerprint density at radius 3 is 2.88 bits per heavy atom. The minimum absolute atomic E-state index is 0.150. The zero-order chi connectivity index (χ0) is 11.8. The number of rotatable bonds is 5. The molecule has 1 aliphatic rings. The summed E-state index contributed by atoms with van der Waals surface area (Å²) in [5, 5.41) is -0.594. The zero-order valence-electron chi connectivity index (χ0n) is 9.55. The molecule has 0 bridgehead atoms. The molecule has 2 rings (SSSR count). The van der Waals surface area contributed by atoms with Crippen molar-refractivity contribution in [1.29, 1.82) is 0 Å². The van der Waals surface area contributed by atoms with Gasteiger partial charge in [-0.3, -0.25) is 0 Å². The SMILES string of the molecule is CCn1ccnc1[C@H](C)S(=O)(=O)NC1CC1. The van der Waals surface area contributed by atoms with Crippen LogP contribution in [0.25, 0.3) is 0 Å². The molecule has 1 aromatic heterocycles. The van der Waals surface area contributed by atoms with Gasteiger partial charge in [0, 0.05) is 25.0 Å². The van der Waals surface area contributed by atoms with Crippen LogP contribution >= 0.6 is 0 Å². The summed E-state index contributed by atoms with van der Waals surface area (Å²) in [6.07, 6.45) is 5.35. The lowest BCUT2D eigenvalue weighted by molar-refractivity contribution is 0.562. The van der Waals surface area contributed by atoms with Crippen molar-refractivity contribution >= 4 is 10.0 Å². The van der Waals surface area contributed by atoms with Crippen molar-refractivity contribution in [2.45, 2.75) is 44.5 Å². The van der Waals surface area contributed by atoms with Crippen LogP contribution in [0.5, 0.6) is 0 Å². The lowest BCUT2D eigenvalue weighted by atomic mass is 10.4. The molecule has 0 unspecified atom stereocenters. The average molecular weight is 243 g/mol. The molecule has 1 saturated carbocycles. The van der Waals surface area contributed by atoms with Crippen LogP contribution in [0.2, 0.25) is 0 Å². The molecule has 90 valence electrons. The second-order valence-corrected chi connectivity index (χ2v) is 6.18. The van der Waals surface area contributed by atoms with Gasteiger partial charge in [-0.05, 0) is 26.7 Å². The summed E-state index contributed by atoms with van der Waals surface area (Å²) < 4.78 is 28.5. The van der Waals surface area contributed by atoms with E-state index in [1.807, 2.05) is 11.5 Å². The molecule has 0 radical (unpaired) electrons. The first-order chi connectivity index (χ1) is 7.54. The van der Waals surface area contributed by atoms with Gasteiger partial charge in [-0.25, -0.2) is 18.1 Å². The number of sulfonamides is 1. The fourth-order valence-electron chi connectivity index (χ4n) is 1.62. The Bertz CT molecular complexity index is 462. The largest absolute Gasteiger partial charge is 0.334 e. The molecule has 1 N–H and O–H groups in total. The third kappa shape index (κ3) is 2.27. The van der Waals surface area contributed by atoms with Crippen molar-refractivity contribution in [3.05, 3.63) is 18.2 Å². The van der Waals surface area contributed by atoms with Gasteiger partial charge in [0.1, 0.15) is 11.1 Å². The first-order valence-corrected chi connectivity index (χ1v) is 7.11. The number of aryl methyl sites for hydroxylation is 1. The summed E-state index contributed by atoms with van der Waals surface area (Å²) in [5.74, 6) is 0.607. The second-order valence-electron chi connectivity index (χ2n) is 4.15. The zero-order valence-corrected chi connectivity index (χ0v) is 10.4. The van der Waals surface area contributed by atoms with E-state index in [0.717, 1.165) is 19.4 Å². The summed E-state index contributed by atoms with van der Waals surface area (Å²) in [4.78, 5) is 4.12. The Morgan fingerprint density at radius 2 is 2.31 bits per heavy atom. The Labute approximate surface area is 95.9 Å². The van der Waals surface area contributed by atoms with Crippen molar-refractivity contribution < 1.29 is 8.42 Å². The van der Waals surface area contributed by atoms with Crippen LogP contribution in [0.15, 0.2) is 12.4 Å². The predicted molar refractivity (Wildman–Crippen MR) is 61.4 cm³/mol. The standard InChI is InChI=1S/C10H17N3O2S/c1-3-13-7-6-11-10(13)8(2)16(14,15)12-9-4-5-9/h6-9,12H,3-5H2,1-2H3/t8-/m0/s1. The molecular weight excluding hydrogens is 226 g/mol. The Kier molecular flexibility index (Phi) is 3.03. The Morgan fingerprint density at radius 1 is 1.62 bits per heavy atom. The molecule has 1 fully saturated rings. The molecule has 0 aliphatic heterocycles. The van der Waals surface area contributed by atoms with Crippen LogP contribution in [0.3, 0.4) is 0 Å². The van der Waals surface area contributed by atoms with E-state index in [1.165, 1.54) is 0 Å². The fraction of sp³-hybridized carbons (Fsp3) is 0.700. The summed E-state index contributed by atoms with van der Waals surface area (Å²) in [6.45, 7) is 4.39. The van der Waals surface area contributed by atoms with E-state index in [4.69, 9.17) is 0 Å². The number of nitrogens with one attached hydrogen (secondary N) is 1. The highest BCUT2D eigenvalue weighted by Gasteiger charge is 2.32. The van der Waals surface area contributed by atoms with Gasteiger partial charge in [-0.2, -0.15) is 0 Å². The third-order valence-corrected chi connectivity index (χ3v) is 4.63. The lowest BCUT2D eigenvalue weighted by Gasteiger charge is -2.14. The first kappa shape index (κ1) is 11.6. The number of imidazole rings is 1. The molecule has 1 aliphatic carbocycles. The van der Waals surface area contributed by atoms with Gasteiger partial charge in [-0.15, -0.1) is 0 Å². The van der Waals surface area contributed by atoms with Gasteiger partial charge >= 0.3 is 0 Å². The van der Waals surface area contributed by atoms with Crippen molar-refractivity contribution in [2.24, 2.45) is 0 Å². The van der Waals surface area contributed by atoms with Gasteiger partial charge in [0.05, 0.1) is 0 Å². The first-order valence-electron chi connectivity index (χ1n) is 5.56. The summed E-state index contributed by atoms with van der Waals surface area (Å²) >= 11 is 0. The minimum atomic E-state index is -3.29. The topological polar surface area (TPSA) is 64.0 Å². The number of nitrogens with zero attached hydrogens (tertiary/aromatic N) is 2. The number of aromatic nitrogens is 2. The maximum Gasteiger partial charge on any atom is 0.221 e. The minimum Gasteiger partial charge on any atom is -0.334 e. The fourth-order valence-corrected chi connectivity index (χ4v) is 3.00. The maximum atomic E-state index is 12.0. The van der Waals surface area contributed by atoms with Gasteiger partial charge in [0.2, 0.25) is 10.0 Å². The maximum absolute atomic E-state index is 12.0. The van der Waals surface area contributed by atoms with Crippen LogP contribution in [-0.4, -0.2) is 24.0 Å². The highest BCUT2D eigenvalue weighted by Crippen LogP contribution is 2.25. The van der Waals surface area contributed by atoms with Crippen LogP contribution in [-0.2, 0) is 16.6 Å². The van der Waals surface area contributed by atoms with Crippen LogP contribution in [0, 0.1) is 0 Å². The van der Waals surface area contributed by atoms with Gasteiger partial charge < -0.3 is 4.57 Å². The Balaban J connectivity index is 2.19. The molecule has 1 heterocycles. The second kappa shape index (κ2) is 4.18. The molecule has 0 spiro atoms. The van der Waals surface area contributed by atoms with E-state index in [1.54, 1.807) is 19.3 Å². The number of hydrogen-bond donors (Lipinski definition) is 1. The highest BCUT2D eigenvalue weighted by atomic mass is 32.2. The molecule has 1 aromatic rings. The van der Waals surface area contributed by atoms with E-state index in [2.05, 4.69) is 9.71 Å². The summed E-state index contributed by atoms with van der Waals surface area (Å²) in [7, 11) is -3.29. The molecule has 0 aromatic carbocycles. The third-order valence-electron chi connectivity index (χ3n) is 2.83. The van der Waals surface area contributed by atoms with Crippen molar-refractivity contribution in [2.75, 3.05) is 0 Å². The van der Waals surface area contributed by atoms with Crippen LogP contribution in [0.1, 0.15) is 37.8 Å². The average Bonchev–Trinajstić information content (AvgIpc) is 2.91. The van der Waals surface area contributed by atoms with Crippen molar-refractivity contribution in [1.82, 2.24) is 14.3 Å². The molecule has 0 saturated heterocycles. The molecule has 0 amide bonds. The summed E-state index contributed by atoms with van der Waals surface area (Å²) in [6, 6.07) is 0.150. The quantitative estimate of drug-likeness (QED) is 0.840. The molecule has 5 nitrogen and oxygen atoms in total. The van der Waals surface area contributed by atoms with Crippen LogP contribution < -0.4 is 4.72 Å². The van der Waals surface area contributed by atoms with Gasteiger partial charge in [0.25, 0.3) is 0 Å². The molecule has 6 heteroatoms. The predicted octanol–water partition coefficient (Wildman–Crippen LogP) is 1.05. The van der Waals surface area contributed by atoms with Crippen molar-refractivity contribution in [3.8, 4) is 0 Å². The van der Waals surface area contributed by atoms with E-state index >= 15 is 0 Å². The Hall–Kier alpha value is -0.880. The summed E-state index contributed by atoms with van der Waals surface area (Å²) in [5.41, 5.74) is 0. The highest BCUT2D eigenvalue weighted by molar-refractivity contribution is 7.89. The van der Waals surface area contributed by atoms with Crippen LogP contribution in [0.4, 0.5) is 0 Å². The lowest BCUT2D eigenvalue weighted by Crippen LogP contribution is -2.31. The van der Waals surface area contributed by atoms with Crippen molar-refractivity contribution in [3.63, 3.8) is 0 Å². The normalized spacial score (nSPS) is 18.6. The van der Waals surface area contributed by atoms with Gasteiger partial charge in [0.15, 0.2) is 0 Å². The monoisotopic (exact) mass is 243 g/mol. The smallest absolute Gasteiger partial charge is 0.221 e. The molecular formula is C10H17N3O2S. The number of hydrogen-bond acceptors (Lipinski definition) is 3. The van der Waals surface area contributed by atoms with E-state index in [9.17, 15) is 8.42 Å². The van der Waals surface area contributed by atoms with E-state index in [-0.39, 0.29) is 6.04 Å². The van der Waals surface area contributed by atoms with Gasteiger partial charge in [-0.1, -0.05) is 0 Å². The molecule has 16 heavy (non-hydrogen) atoms. The van der Waals surface area contributed by atoms with E-state index < -0.39 is 15.3 Å². The molecule has 1 atom stereocenters.